The summed E-state index contributed by atoms with van der Waals surface area (Å²) in [6.07, 6.45) is 0.959. The second-order valence-electron chi connectivity index (χ2n) is 3.80. The number of aryl methyl sites for hydroxylation is 2. The smallest absolute Gasteiger partial charge is 0.0767 e. The molecule has 2 heterocycles. The third kappa shape index (κ3) is 2.24. The third-order valence-corrected chi connectivity index (χ3v) is 3.61. The Balaban J connectivity index is 2.02. The standard InChI is InChI=1S/C10H16BrN3O/c1-3-8-10(11)9(14(2)13-8)4-12-7-5-15-6-7/h7,12H,3-6H2,1-2H3. The molecule has 0 saturated carbocycles. The van der Waals surface area contributed by atoms with Gasteiger partial charge in [0.05, 0.1) is 35.1 Å². The Morgan fingerprint density at radius 1 is 1.60 bits per heavy atom. The molecule has 5 heteroatoms. The maximum atomic E-state index is 5.11. The lowest BCUT2D eigenvalue weighted by Crippen LogP contribution is -2.45. The minimum absolute atomic E-state index is 0.511. The number of rotatable bonds is 4. The van der Waals surface area contributed by atoms with Crippen molar-refractivity contribution in [1.82, 2.24) is 15.1 Å². The lowest BCUT2D eigenvalue weighted by Gasteiger charge is -2.27. The number of aromatic nitrogens is 2. The monoisotopic (exact) mass is 273 g/mol. The van der Waals surface area contributed by atoms with Crippen molar-refractivity contribution in [2.24, 2.45) is 7.05 Å². The van der Waals surface area contributed by atoms with E-state index in [4.69, 9.17) is 4.74 Å². The van der Waals surface area contributed by atoms with Crippen LogP contribution in [0.2, 0.25) is 0 Å². The molecule has 1 aliphatic rings. The minimum Gasteiger partial charge on any atom is -0.378 e. The molecule has 0 bridgehead atoms. The van der Waals surface area contributed by atoms with Crippen molar-refractivity contribution in [3.63, 3.8) is 0 Å². The van der Waals surface area contributed by atoms with Gasteiger partial charge in [-0.1, -0.05) is 6.92 Å². The average molecular weight is 274 g/mol. The van der Waals surface area contributed by atoms with Crippen LogP contribution in [-0.4, -0.2) is 29.0 Å². The fraction of sp³-hybridized carbons (Fsp3) is 0.700. The Labute approximate surface area is 98.1 Å². The predicted octanol–water partition coefficient (Wildman–Crippen LogP) is 1.23. The molecule has 0 amide bonds. The zero-order valence-electron chi connectivity index (χ0n) is 9.09. The van der Waals surface area contributed by atoms with Crippen molar-refractivity contribution in [1.29, 1.82) is 0 Å². The molecule has 0 aromatic carbocycles. The molecule has 15 heavy (non-hydrogen) atoms. The molecule has 4 nitrogen and oxygen atoms in total. The van der Waals surface area contributed by atoms with Gasteiger partial charge in [-0.15, -0.1) is 0 Å². The number of hydrogen-bond acceptors (Lipinski definition) is 3. The van der Waals surface area contributed by atoms with E-state index in [-0.39, 0.29) is 0 Å². The van der Waals surface area contributed by atoms with Crippen molar-refractivity contribution in [3.05, 3.63) is 15.9 Å². The zero-order chi connectivity index (χ0) is 10.8. The first-order valence-corrected chi connectivity index (χ1v) is 6.03. The normalized spacial score (nSPS) is 16.7. The molecule has 0 spiro atoms. The average Bonchev–Trinajstić information content (AvgIpc) is 2.42. The molecule has 0 unspecified atom stereocenters. The van der Waals surface area contributed by atoms with Crippen molar-refractivity contribution >= 4 is 15.9 Å². The Kier molecular flexibility index (Phi) is 3.43. The maximum Gasteiger partial charge on any atom is 0.0767 e. The first kappa shape index (κ1) is 11.1. The zero-order valence-corrected chi connectivity index (χ0v) is 10.7. The highest BCUT2D eigenvalue weighted by atomic mass is 79.9. The molecule has 1 N–H and O–H groups in total. The topological polar surface area (TPSA) is 39.1 Å². The van der Waals surface area contributed by atoms with Gasteiger partial charge in [-0.05, 0) is 22.4 Å². The molecule has 1 aromatic heterocycles. The molecule has 1 aliphatic heterocycles. The van der Waals surface area contributed by atoms with Gasteiger partial charge in [0, 0.05) is 13.6 Å². The van der Waals surface area contributed by atoms with Gasteiger partial charge in [0.2, 0.25) is 0 Å². The van der Waals surface area contributed by atoms with Crippen molar-refractivity contribution in [2.75, 3.05) is 13.2 Å². The predicted molar refractivity (Wildman–Crippen MR) is 61.7 cm³/mol. The van der Waals surface area contributed by atoms with E-state index in [1.54, 1.807) is 0 Å². The number of halogens is 1. The van der Waals surface area contributed by atoms with Gasteiger partial charge in [0.15, 0.2) is 0 Å². The van der Waals surface area contributed by atoms with Gasteiger partial charge in [-0.3, -0.25) is 4.68 Å². The number of nitrogens with zero attached hydrogens (tertiary/aromatic N) is 2. The maximum absolute atomic E-state index is 5.11. The minimum atomic E-state index is 0.511. The van der Waals surface area contributed by atoms with E-state index in [1.165, 1.54) is 5.69 Å². The summed E-state index contributed by atoms with van der Waals surface area (Å²) in [5.74, 6) is 0. The van der Waals surface area contributed by atoms with Gasteiger partial charge >= 0.3 is 0 Å². The number of hydrogen-bond donors (Lipinski definition) is 1. The molecular formula is C10H16BrN3O. The molecule has 1 saturated heterocycles. The van der Waals surface area contributed by atoms with Crippen LogP contribution in [0.25, 0.3) is 0 Å². The van der Waals surface area contributed by atoms with Gasteiger partial charge in [-0.25, -0.2) is 0 Å². The van der Waals surface area contributed by atoms with E-state index in [1.807, 2.05) is 11.7 Å². The summed E-state index contributed by atoms with van der Waals surface area (Å²) in [5, 5.41) is 7.89. The molecule has 0 aliphatic carbocycles. The van der Waals surface area contributed by atoms with Crippen molar-refractivity contribution < 1.29 is 4.74 Å². The Bertz CT molecular complexity index is 347. The molecule has 0 radical (unpaired) electrons. The van der Waals surface area contributed by atoms with E-state index in [0.717, 1.165) is 36.3 Å². The summed E-state index contributed by atoms with van der Waals surface area (Å²) in [5.41, 5.74) is 2.33. The molecule has 1 aromatic rings. The highest BCUT2D eigenvalue weighted by Crippen LogP contribution is 2.21. The van der Waals surface area contributed by atoms with Crippen LogP contribution in [-0.2, 0) is 24.8 Å². The lowest BCUT2D eigenvalue weighted by molar-refractivity contribution is -0.00604. The Morgan fingerprint density at radius 3 is 2.80 bits per heavy atom. The summed E-state index contributed by atoms with van der Waals surface area (Å²) in [6, 6.07) is 0.511. The second kappa shape index (κ2) is 4.63. The molecule has 0 atom stereocenters. The number of ether oxygens (including phenoxy) is 1. The van der Waals surface area contributed by atoms with Gasteiger partial charge in [0.1, 0.15) is 0 Å². The van der Waals surface area contributed by atoms with E-state index >= 15 is 0 Å². The van der Waals surface area contributed by atoms with Crippen LogP contribution in [0.3, 0.4) is 0 Å². The highest BCUT2D eigenvalue weighted by molar-refractivity contribution is 9.10. The highest BCUT2D eigenvalue weighted by Gasteiger charge is 2.19. The fourth-order valence-corrected chi connectivity index (χ4v) is 2.36. The summed E-state index contributed by atoms with van der Waals surface area (Å²) in [4.78, 5) is 0. The second-order valence-corrected chi connectivity index (χ2v) is 4.59. The van der Waals surface area contributed by atoms with Crippen LogP contribution in [0.15, 0.2) is 4.47 Å². The van der Waals surface area contributed by atoms with Crippen LogP contribution in [0.4, 0.5) is 0 Å². The summed E-state index contributed by atoms with van der Waals surface area (Å²) in [6.45, 7) is 4.62. The number of nitrogens with one attached hydrogen (secondary N) is 1. The molecule has 84 valence electrons. The fourth-order valence-electron chi connectivity index (χ4n) is 1.61. The summed E-state index contributed by atoms with van der Waals surface area (Å²) >= 11 is 3.60. The SMILES string of the molecule is CCc1nn(C)c(CNC2COC2)c1Br. The molecule has 1 fully saturated rings. The first-order valence-electron chi connectivity index (χ1n) is 5.23. The van der Waals surface area contributed by atoms with Crippen LogP contribution in [0, 0.1) is 0 Å². The van der Waals surface area contributed by atoms with Crippen LogP contribution >= 0.6 is 15.9 Å². The van der Waals surface area contributed by atoms with Gasteiger partial charge < -0.3 is 10.1 Å². The van der Waals surface area contributed by atoms with Crippen molar-refractivity contribution in [2.45, 2.75) is 25.9 Å². The lowest BCUT2D eigenvalue weighted by atomic mass is 10.2. The Morgan fingerprint density at radius 2 is 2.33 bits per heavy atom. The van der Waals surface area contributed by atoms with Crippen LogP contribution in [0.5, 0.6) is 0 Å². The van der Waals surface area contributed by atoms with Gasteiger partial charge in [0.25, 0.3) is 0 Å². The van der Waals surface area contributed by atoms with Gasteiger partial charge in [-0.2, -0.15) is 5.10 Å². The summed E-state index contributed by atoms with van der Waals surface area (Å²) < 4.78 is 8.19. The van der Waals surface area contributed by atoms with Crippen molar-refractivity contribution in [3.8, 4) is 0 Å². The van der Waals surface area contributed by atoms with E-state index in [2.05, 4.69) is 33.3 Å². The molecule has 2 rings (SSSR count). The van der Waals surface area contributed by atoms with Crippen LogP contribution < -0.4 is 5.32 Å². The van der Waals surface area contributed by atoms with Crippen LogP contribution in [0.1, 0.15) is 18.3 Å². The van der Waals surface area contributed by atoms with E-state index < -0.39 is 0 Å². The van der Waals surface area contributed by atoms with E-state index in [0.29, 0.717) is 6.04 Å². The quantitative estimate of drug-likeness (QED) is 0.897. The Hall–Kier alpha value is -0.390. The largest absolute Gasteiger partial charge is 0.378 e. The summed E-state index contributed by atoms with van der Waals surface area (Å²) in [7, 11) is 1.98. The first-order chi connectivity index (χ1) is 7.22. The molecular weight excluding hydrogens is 258 g/mol. The third-order valence-electron chi connectivity index (χ3n) is 2.70. The van der Waals surface area contributed by atoms with E-state index in [9.17, 15) is 0 Å².